The van der Waals surface area contributed by atoms with Crippen LogP contribution in [0.1, 0.15) is 31.2 Å². The second-order valence-corrected chi connectivity index (χ2v) is 4.63. The van der Waals surface area contributed by atoms with Gasteiger partial charge in [0.05, 0.1) is 12.9 Å². The van der Waals surface area contributed by atoms with E-state index < -0.39 is 0 Å². The molecule has 0 saturated heterocycles. The Morgan fingerprint density at radius 1 is 1.24 bits per heavy atom. The van der Waals surface area contributed by atoms with Gasteiger partial charge in [-0.3, -0.25) is 0 Å². The lowest BCUT2D eigenvalue weighted by molar-refractivity contribution is 0.218. The fraction of sp³-hybridized carbons (Fsp3) is 0.467. The first-order valence-corrected chi connectivity index (χ1v) is 6.35. The van der Waals surface area contributed by atoms with Crippen molar-refractivity contribution >= 4 is 0 Å². The molecule has 1 N–H and O–H groups in total. The van der Waals surface area contributed by atoms with Gasteiger partial charge in [-0.1, -0.05) is 37.3 Å². The Morgan fingerprint density at radius 2 is 2.00 bits per heavy atom. The molecule has 0 saturated carbocycles. The summed E-state index contributed by atoms with van der Waals surface area (Å²) in [5.74, 6) is 0.467. The zero-order chi connectivity index (χ0) is 12.1. The summed E-state index contributed by atoms with van der Waals surface area (Å²) < 4.78 is 5.45. The van der Waals surface area contributed by atoms with Crippen molar-refractivity contribution in [2.45, 2.75) is 31.7 Å². The molecule has 2 nitrogen and oxygen atoms in total. The molecule has 0 amide bonds. The van der Waals surface area contributed by atoms with Crippen molar-refractivity contribution in [1.82, 2.24) is 5.32 Å². The number of rotatable bonds is 4. The molecule has 1 aromatic carbocycles. The van der Waals surface area contributed by atoms with Gasteiger partial charge in [-0.15, -0.1) is 0 Å². The van der Waals surface area contributed by atoms with E-state index in [9.17, 15) is 0 Å². The summed E-state index contributed by atoms with van der Waals surface area (Å²) in [6, 6.07) is 11.0. The van der Waals surface area contributed by atoms with E-state index in [2.05, 4.69) is 42.6 Å². The van der Waals surface area contributed by atoms with Crippen LogP contribution in [0.2, 0.25) is 0 Å². The van der Waals surface area contributed by atoms with E-state index in [1.807, 2.05) is 13.3 Å². The normalized spacial score (nSPS) is 19.1. The zero-order valence-electron chi connectivity index (χ0n) is 10.6. The van der Waals surface area contributed by atoms with Crippen molar-refractivity contribution in [3.05, 3.63) is 47.7 Å². The fourth-order valence-corrected chi connectivity index (χ4v) is 2.52. The Kier molecular flexibility index (Phi) is 4.21. The Labute approximate surface area is 104 Å². The predicted molar refractivity (Wildman–Crippen MR) is 71.0 cm³/mol. The van der Waals surface area contributed by atoms with E-state index in [1.54, 1.807) is 0 Å². The molecular weight excluding hydrogens is 210 g/mol. The Balaban J connectivity index is 2.15. The second kappa shape index (κ2) is 5.87. The average molecular weight is 231 g/mol. The predicted octanol–water partition coefficient (Wildman–Crippen LogP) is 3.07. The highest BCUT2D eigenvalue weighted by Gasteiger charge is 2.22. The van der Waals surface area contributed by atoms with E-state index in [0.29, 0.717) is 12.0 Å². The van der Waals surface area contributed by atoms with E-state index in [4.69, 9.17) is 4.74 Å². The summed E-state index contributed by atoms with van der Waals surface area (Å²) >= 11 is 0. The highest BCUT2D eigenvalue weighted by atomic mass is 16.5. The first-order chi connectivity index (χ1) is 8.33. The third-order valence-electron chi connectivity index (χ3n) is 3.50. The number of benzene rings is 1. The minimum absolute atomic E-state index is 0.373. The molecule has 0 bridgehead atoms. The number of likely N-dealkylation sites (N-methyl/N-ethyl adjacent to an activating group) is 1. The largest absolute Gasteiger partial charge is 0.501 e. The van der Waals surface area contributed by atoms with Gasteiger partial charge in [-0.25, -0.2) is 0 Å². The third kappa shape index (κ3) is 2.89. The maximum absolute atomic E-state index is 5.45. The maximum Gasteiger partial charge on any atom is 0.0876 e. The van der Waals surface area contributed by atoms with Crippen LogP contribution in [-0.4, -0.2) is 19.7 Å². The van der Waals surface area contributed by atoms with E-state index in [1.165, 1.54) is 11.1 Å². The van der Waals surface area contributed by atoms with Crippen molar-refractivity contribution in [2.75, 3.05) is 13.7 Å². The van der Waals surface area contributed by atoms with Crippen LogP contribution in [0.3, 0.4) is 0 Å². The first kappa shape index (κ1) is 12.2. The standard InChI is InChI=1S/C15H21NO/c1-12(13-7-4-3-5-8-13)15(16-2)14-9-6-10-17-11-14/h3-5,7-8,11-12,15-16H,6,9-10H2,1-2H3. The topological polar surface area (TPSA) is 21.3 Å². The molecule has 1 aromatic rings. The molecule has 1 heterocycles. The van der Waals surface area contributed by atoms with E-state index in [0.717, 1.165) is 19.4 Å². The van der Waals surface area contributed by atoms with E-state index in [-0.39, 0.29) is 0 Å². The molecule has 0 radical (unpaired) electrons. The molecule has 0 aliphatic carbocycles. The van der Waals surface area contributed by atoms with Crippen LogP contribution in [0.25, 0.3) is 0 Å². The Hall–Kier alpha value is -1.28. The van der Waals surface area contributed by atoms with Crippen molar-refractivity contribution in [2.24, 2.45) is 0 Å². The summed E-state index contributed by atoms with van der Waals surface area (Å²) in [6.07, 6.45) is 4.22. The van der Waals surface area contributed by atoms with Crippen molar-refractivity contribution in [3.8, 4) is 0 Å². The lowest BCUT2D eigenvalue weighted by Gasteiger charge is -2.28. The van der Waals surface area contributed by atoms with Gasteiger partial charge in [0.1, 0.15) is 0 Å². The van der Waals surface area contributed by atoms with Crippen LogP contribution in [0.4, 0.5) is 0 Å². The molecule has 17 heavy (non-hydrogen) atoms. The van der Waals surface area contributed by atoms with Gasteiger partial charge in [-0.05, 0) is 31.0 Å². The maximum atomic E-state index is 5.45. The fourth-order valence-electron chi connectivity index (χ4n) is 2.52. The molecule has 92 valence electrons. The molecule has 2 heteroatoms. The highest BCUT2D eigenvalue weighted by Crippen LogP contribution is 2.27. The Morgan fingerprint density at radius 3 is 2.59 bits per heavy atom. The molecule has 2 rings (SSSR count). The minimum atomic E-state index is 0.373. The third-order valence-corrected chi connectivity index (χ3v) is 3.50. The molecular formula is C15H21NO. The van der Waals surface area contributed by atoms with Gasteiger partial charge in [0.25, 0.3) is 0 Å². The number of nitrogens with one attached hydrogen (secondary N) is 1. The number of ether oxygens (including phenoxy) is 1. The van der Waals surface area contributed by atoms with Crippen molar-refractivity contribution in [3.63, 3.8) is 0 Å². The SMILES string of the molecule is CNC(C1=COCCC1)C(C)c1ccccc1. The summed E-state index contributed by atoms with van der Waals surface area (Å²) in [6.45, 7) is 3.13. The van der Waals surface area contributed by atoms with Gasteiger partial charge in [0.2, 0.25) is 0 Å². The average Bonchev–Trinajstić information content (AvgIpc) is 2.42. The summed E-state index contributed by atoms with van der Waals surface area (Å²) in [5, 5.41) is 3.42. The van der Waals surface area contributed by atoms with Crippen LogP contribution in [0, 0.1) is 0 Å². The summed E-state index contributed by atoms with van der Waals surface area (Å²) in [5.41, 5.74) is 2.76. The molecule has 0 aromatic heterocycles. The van der Waals surface area contributed by atoms with Gasteiger partial charge >= 0.3 is 0 Å². The van der Waals surface area contributed by atoms with Crippen LogP contribution in [0.5, 0.6) is 0 Å². The molecule has 0 spiro atoms. The highest BCUT2D eigenvalue weighted by molar-refractivity contribution is 5.25. The summed E-state index contributed by atoms with van der Waals surface area (Å²) in [4.78, 5) is 0. The van der Waals surface area contributed by atoms with Crippen LogP contribution < -0.4 is 5.32 Å². The quantitative estimate of drug-likeness (QED) is 0.860. The smallest absolute Gasteiger partial charge is 0.0876 e. The lowest BCUT2D eigenvalue weighted by atomic mass is 9.87. The Bertz CT molecular complexity index is 372. The number of hydrogen-bond acceptors (Lipinski definition) is 2. The van der Waals surface area contributed by atoms with E-state index >= 15 is 0 Å². The first-order valence-electron chi connectivity index (χ1n) is 6.35. The van der Waals surface area contributed by atoms with Gasteiger partial charge < -0.3 is 10.1 Å². The monoisotopic (exact) mass is 231 g/mol. The van der Waals surface area contributed by atoms with Crippen molar-refractivity contribution < 1.29 is 4.74 Å². The van der Waals surface area contributed by atoms with Crippen LogP contribution in [0.15, 0.2) is 42.2 Å². The van der Waals surface area contributed by atoms with Gasteiger partial charge in [0, 0.05) is 12.0 Å². The minimum Gasteiger partial charge on any atom is -0.501 e. The number of hydrogen-bond donors (Lipinski definition) is 1. The molecule has 1 aliphatic rings. The zero-order valence-corrected chi connectivity index (χ0v) is 10.6. The van der Waals surface area contributed by atoms with Crippen LogP contribution >= 0.6 is 0 Å². The lowest BCUT2D eigenvalue weighted by Crippen LogP contribution is -2.33. The molecule has 0 fully saturated rings. The van der Waals surface area contributed by atoms with Crippen LogP contribution in [-0.2, 0) is 4.74 Å². The van der Waals surface area contributed by atoms with Gasteiger partial charge in [-0.2, -0.15) is 0 Å². The van der Waals surface area contributed by atoms with Gasteiger partial charge in [0.15, 0.2) is 0 Å². The molecule has 1 aliphatic heterocycles. The van der Waals surface area contributed by atoms with Crippen molar-refractivity contribution in [1.29, 1.82) is 0 Å². The summed E-state index contributed by atoms with van der Waals surface area (Å²) in [7, 11) is 2.03. The second-order valence-electron chi connectivity index (χ2n) is 4.63. The molecule has 2 atom stereocenters. The molecule has 2 unspecified atom stereocenters.